The molecule has 0 aromatic heterocycles. The molecule has 0 fully saturated rings. The largest absolute Gasteiger partial charge is 0.380 e. The Balaban J connectivity index is 2.83. The summed E-state index contributed by atoms with van der Waals surface area (Å²) >= 11 is 0. The second-order valence-electron chi connectivity index (χ2n) is 3.80. The second kappa shape index (κ2) is 7.14. The third-order valence-corrected chi connectivity index (χ3v) is 2.35. The van der Waals surface area contributed by atoms with Crippen molar-refractivity contribution in [3.63, 3.8) is 0 Å². The third kappa shape index (κ3) is 4.63. The molecule has 2 nitrogen and oxygen atoms in total. The summed E-state index contributed by atoms with van der Waals surface area (Å²) in [6, 6.07) is 3.83. The Kier molecular flexibility index (Phi) is 5.80. The number of benzene rings is 1. The molecule has 4 heteroatoms. The van der Waals surface area contributed by atoms with E-state index in [1.807, 2.05) is 6.08 Å². The monoisotopic (exact) mass is 241 g/mol. The van der Waals surface area contributed by atoms with Crippen molar-refractivity contribution in [3.8, 4) is 0 Å². The molecular weight excluding hydrogens is 224 g/mol. The van der Waals surface area contributed by atoms with E-state index < -0.39 is 11.6 Å². The molecule has 0 saturated heterocycles. The molecular formula is C13H17F2NO. The van der Waals surface area contributed by atoms with Gasteiger partial charge in [-0.2, -0.15) is 0 Å². The van der Waals surface area contributed by atoms with Crippen LogP contribution in [0.2, 0.25) is 0 Å². The molecule has 0 aliphatic heterocycles. The Morgan fingerprint density at radius 2 is 2.12 bits per heavy atom. The summed E-state index contributed by atoms with van der Waals surface area (Å²) in [6.07, 6.45) is 3.45. The fourth-order valence-electron chi connectivity index (χ4n) is 1.54. The number of rotatable bonds is 6. The number of halogens is 2. The zero-order chi connectivity index (χ0) is 12.7. The van der Waals surface area contributed by atoms with E-state index >= 15 is 0 Å². The predicted octanol–water partition coefficient (Wildman–Crippen LogP) is 2.73. The average Bonchev–Trinajstić information content (AvgIpc) is 2.31. The lowest BCUT2D eigenvalue weighted by Gasteiger charge is -2.06. The summed E-state index contributed by atoms with van der Waals surface area (Å²) in [5.41, 5.74) is 7.08. The van der Waals surface area contributed by atoms with Gasteiger partial charge in [-0.3, -0.25) is 0 Å². The highest BCUT2D eigenvalue weighted by atomic mass is 19.2. The van der Waals surface area contributed by atoms with Crippen molar-refractivity contribution < 1.29 is 13.5 Å². The van der Waals surface area contributed by atoms with Crippen LogP contribution in [0.3, 0.4) is 0 Å². The Morgan fingerprint density at radius 1 is 1.35 bits per heavy atom. The molecule has 0 spiro atoms. The quantitative estimate of drug-likeness (QED) is 0.831. The predicted molar refractivity (Wildman–Crippen MR) is 64.5 cm³/mol. The molecule has 0 radical (unpaired) electrons. The van der Waals surface area contributed by atoms with Gasteiger partial charge >= 0.3 is 0 Å². The minimum atomic E-state index is -0.839. The van der Waals surface area contributed by atoms with Crippen LogP contribution in [0.15, 0.2) is 23.8 Å². The number of hydrogen-bond acceptors (Lipinski definition) is 2. The van der Waals surface area contributed by atoms with Gasteiger partial charge in [0.2, 0.25) is 0 Å². The number of nitrogens with two attached hydrogens (primary N) is 1. The molecule has 1 aromatic carbocycles. The molecule has 17 heavy (non-hydrogen) atoms. The van der Waals surface area contributed by atoms with Crippen molar-refractivity contribution in [2.24, 2.45) is 5.73 Å². The van der Waals surface area contributed by atoms with Gasteiger partial charge in [0.05, 0.1) is 6.61 Å². The van der Waals surface area contributed by atoms with Crippen LogP contribution in [-0.4, -0.2) is 20.3 Å². The van der Waals surface area contributed by atoms with Gasteiger partial charge in [-0.05, 0) is 42.7 Å². The molecule has 0 aliphatic rings. The topological polar surface area (TPSA) is 35.2 Å². The van der Waals surface area contributed by atoms with Crippen LogP contribution in [0.25, 0.3) is 6.08 Å². The minimum Gasteiger partial charge on any atom is -0.380 e. The van der Waals surface area contributed by atoms with E-state index in [0.29, 0.717) is 18.7 Å². The van der Waals surface area contributed by atoms with Gasteiger partial charge in [-0.25, -0.2) is 8.78 Å². The van der Waals surface area contributed by atoms with E-state index in [4.69, 9.17) is 10.5 Å². The molecule has 1 rings (SSSR count). The number of ether oxygens (including phenoxy) is 1. The average molecular weight is 241 g/mol. The summed E-state index contributed by atoms with van der Waals surface area (Å²) in [5.74, 6) is -1.67. The van der Waals surface area contributed by atoms with Crippen LogP contribution in [0, 0.1) is 11.6 Å². The fraction of sp³-hybridized carbons (Fsp3) is 0.385. The summed E-state index contributed by atoms with van der Waals surface area (Å²) in [5, 5.41) is 0. The second-order valence-corrected chi connectivity index (χ2v) is 3.80. The summed E-state index contributed by atoms with van der Waals surface area (Å²) in [6.45, 7) is 1.07. The van der Waals surface area contributed by atoms with E-state index in [-0.39, 0.29) is 0 Å². The molecule has 1 aromatic rings. The lowest BCUT2D eigenvalue weighted by Crippen LogP contribution is -2.02. The first-order valence-corrected chi connectivity index (χ1v) is 5.51. The Labute approximate surface area is 100 Å². The normalized spacial score (nSPS) is 11.9. The first-order chi connectivity index (χ1) is 8.17. The lowest BCUT2D eigenvalue weighted by atomic mass is 10.1. The number of methoxy groups -OCH3 is 1. The molecule has 0 bridgehead atoms. The lowest BCUT2D eigenvalue weighted by molar-refractivity contribution is 0.223. The Hall–Kier alpha value is -1.26. The van der Waals surface area contributed by atoms with Crippen LogP contribution in [-0.2, 0) is 4.74 Å². The van der Waals surface area contributed by atoms with Crippen molar-refractivity contribution >= 4 is 6.08 Å². The van der Waals surface area contributed by atoms with Gasteiger partial charge in [-0.1, -0.05) is 12.1 Å². The zero-order valence-electron chi connectivity index (χ0n) is 9.88. The maximum Gasteiger partial charge on any atom is 0.159 e. The standard InChI is InChI=1S/C13H17F2NO/c1-17-9-11(3-2-6-16)7-10-4-5-12(14)13(15)8-10/h4-5,7-8H,2-3,6,9,16H2,1H3/b11-7+. The minimum absolute atomic E-state index is 0.471. The zero-order valence-corrected chi connectivity index (χ0v) is 9.88. The molecule has 0 saturated carbocycles. The molecule has 94 valence electrons. The molecule has 2 N–H and O–H groups in total. The SMILES string of the molecule is COC/C(=C/c1ccc(F)c(F)c1)CCCN. The van der Waals surface area contributed by atoms with Gasteiger partial charge in [0, 0.05) is 7.11 Å². The summed E-state index contributed by atoms with van der Waals surface area (Å²) in [4.78, 5) is 0. The van der Waals surface area contributed by atoms with Crippen molar-refractivity contribution in [3.05, 3.63) is 41.0 Å². The highest BCUT2D eigenvalue weighted by Gasteiger charge is 2.02. The Morgan fingerprint density at radius 3 is 2.71 bits per heavy atom. The van der Waals surface area contributed by atoms with E-state index in [1.54, 1.807) is 7.11 Å². The molecule has 0 atom stereocenters. The third-order valence-electron chi connectivity index (χ3n) is 2.35. The van der Waals surface area contributed by atoms with E-state index in [9.17, 15) is 8.78 Å². The maximum atomic E-state index is 13.0. The van der Waals surface area contributed by atoms with E-state index in [2.05, 4.69) is 0 Å². The molecule has 0 aliphatic carbocycles. The summed E-state index contributed by atoms with van der Waals surface area (Å²) < 4.78 is 30.8. The van der Waals surface area contributed by atoms with Gasteiger partial charge < -0.3 is 10.5 Å². The van der Waals surface area contributed by atoms with Crippen molar-refractivity contribution in [1.29, 1.82) is 0 Å². The van der Waals surface area contributed by atoms with Gasteiger partial charge in [0.15, 0.2) is 11.6 Å². The van der Waals surface area contributed by atoms with E-state index in [1.165, 1.54) is 12.1 Å². The van der Waals surface area contributed by atoms with Crippen molar-refractivity contribution in [2.75, 3.05) is 20.3 Å². The highest BCUT2D eigenvalue weighted by molar-refractivity contribution is 5.53. The smallest absolute Gasteiger partial charge is 0.159 e. The van der Waals surface area contributed by atoms with Crippen LogP contribution < -0.4 is 5.73 Å². The van der Waals surface area contributed by atoms with Crippen LogP contribution in [0.5, 0.6) is 0 Å². The van der Waals surface area contributed by atoms with Crippen molar-refractivity contribution in [1.82, 2.24) is 0 Å². The molecule has 0 amide bonds. The van der Waals surface area contributed by atoms with Crippen LogP contribution in [0.1, 0.15) is 18.4 Å². The fourth-order valence-corrected chi connectivity index (χ4v) is 1.54. The van der Waals surface area contributed by atoms with Gasteiger partial charge in [-0.15, -0.1) is 0 Å². The first kappa shape index (κ1) is 13.8. The van der Waals surface area contributed by atoms with E-state index in [0.717, 1.165) is 24.5 Å². The van der Waals surface area contributed by atoms with Gasteiger partial charge in [0.1, 0.15) is 0 Å². The highest BCUT2D eigenvalue weighted by Crippen LogP contribution is 2.15. The molecule has 0 heterocycles. The Bertz CT molecular complexity index is 391. The first-order valence-electron chi connectivity index (χ1n) is 5.51. The molecule has 0 unspecified atom stereocenters. The van der Waals surface area contributed by atoms with Crippen molar-refractivity contribution in [2.45, 2.75) is 12.8 Å². The van der Waals surface area contributed by atoms with Crippen LogP contribution >= 0.6 is 0 Å². The maximum absolute atomic E-state index is 13.0. The van der Waals surface area contributed by atoms with Gasteiger partial charge in [0.25, 0.3) is 0 Å². The summed E-state index contributed by atoms with van der Waals surface area (Å²) in [7, 11) is 1.60. The van der Waals surface area contributed by atoms with Crippen LogP contribution in [0.4, 0.5) is 8.78 Å². The number of hydrogen-bond donors (Lipinski definition) is 1.